The van der Waals surface area contributed by atoms with Crippen molar-refractivity contribution in [2.45, 2.75) is 7.59 Å². The predicted molar refractivity (Wildman–Crippen MR) is 111 cm³/mol. The van der Waals surface area contributed by atoms with Gasteiger partial charge in [0.25, 0.3) is 0 Å². The zero-order valence-corrected chi connectivity index (χ0v) is 18.0. The lowest BCUT2D eigenvalue weighted by Crippen LogP contribution is -2.16. The van der Waals surface area contributed by atoms with Crippen molar-refractivity contribution in [1.82, 2.24) is 15.0 Å². The fourth-order valence-electron chi connectivity index (χ4n) is 1.61. The minimum absolute atomic E-state index is 0. The molecule has 1 heterocycles. The molecule has 0 aliphatic carbocycles. The Balaban J connectivity index is 0.00000312. The minimum atomic E-state index is -1.88. The van der Waals surface area contributed by atoms with E-state index in [-0.39, 0.29) is 31.0 Å². The number of alkyl halides is 6. The Labute approximate surface area is 181 Å². The molecule has 0 atom stereocenters. The summed E-state index contributed by atoms with van der Waals surface area (Å²) in [6.45, 7) is 0. The van der Waals surface area contributed by atoms with E-state index < -0.39 is 7.59 Å². The molecule has 1 aromatic carbocycles. The Kier molecular flexibility index (Phi) is 8.41. The highest BCUT2D eigenvalue weighted by Crippen LogP contribution is 2.39. The molecule has 0 bridgehead atoms. The van der Waals surface area contributed by atoms with E-state index in [4.69, 9.17) is 74.3 Å². The topological polar surface area (TPSA) is 47.9 Å². The zero-order chi connectivity index (χ0) is 18.0. The maximum absolute atomic E-state index is 5.81. The van der Waals surface area contributed by atoms with Gasteiger partial charge < -0.3 is 4.74 Å². The van der Waals surface area contributed by atoms with E-state index >= 15 is 0 Å². The first kappa shape index (κ1) is 22.9. The summed E-state index contributed by atoms with van der Waals surface area (Å²) in [4.78, 5) is 12.0. The van der Waals surface area contributed by atoms with Gasteiger partial charge >= 0.3 is 0 Å². The number of aromatic nitrogens is 3. The van der Waals surface area contributed by atoms with Gasteiger partial charge in [-0.2, -0.15) is 13.5 Å². The van der Waals surface area contributed by atoms with Crippen LogP contribution in [0, 0.1) is 0 Å². The summed E-state index contributed by atoms with van der Waals surface area (Å²) in [6, 6.07) is 7.32. The predicted octanol–water partition coefficient (Wildman–Crippen LogP) is 5.82. The highest BCUT2D eigenvalue weighted by atomic mass is 35.6. The third kappa shape index (κ3) is 6.83. The quantitative estimate of drug-likeness (QED) is 0.518. The van der Waals surface area contributed by atoms with Crippen LogP contribution >= 0.6 is 83.1 Å². The van der Waals surface area contributed by atoms with Crippen LogP contribution in [-0.2, 0) is 7.59 Å². The van der Waals surface area contributed by atoms with Gasteiger partial charge in [0.05, 0.1) is 7.11 Å². The van der Waals surface area contributed by atoms with E-state index in [1.165, 1.54) is 0 Å². The molecule has 0 fully saturated rings. The summed E-state index contributed by atoms with van der Waals surface area (Å²) < 4.78 is 1.34. The lowest BCUT2D eigenvalue weighted by atomic mass is 10.2. The van der Waals surface area contributed by atoms with Crippen LogP contribution in [0.2, 0.25) is 0 Å². The summed E-state index contributed by atoms with van der Waals surface area (Å²) in [5.74, 6) is 0.643. The first-order valence-corrected chi connectivity index (χ1v) is 8.59. The number of ether oxygens (including phenoxy) is 1. The van der Waals surface area contributed by atoms with Gasteiger partial charge in [-0.25, -0.2) is 15.0 Å². The second-order valence-electron chi connectivity index (χ2n) is 4.44. The average molecular weight is 482 g/mol. The second-order valence-corrected chi connectivity index (χ2v) is 9.01. The van der Waals surface area contributed by atoms with Crippen LogP contribution in [0.1, 0.15) is 23.0 Å². The molecule has 136 valence electrons. The first-order chi connectivity index (χ1) is 11.1. The molecule has 0 N–H and O–H groups in total. The minimum Gasteiger partial charge on any atom is -0.497 e. The van der Waals surface area contributed by atoms with E-state index in [0.29, 0.717) is 0 Å². The van der Waals surface area contributed by atoms with Gasteiger partial charge in [-0.05, 0) is 23.8 Å². The third-order valence-electron chi connectivity index (χ3n) is 2.70. The number of hydrogen-bond acceptors (Lipinski definition) is 4. The molecule has 2 aromatic rings. The van der Waals surface area contributed by atoms with Crippen LogP contribution in [-0.4, -0.2) is 22.1 Å². The molecule has 0 saturated carbocycles. The molecule has 0 saturated heterocycles. The normalized spacial score (nSPS) is 12.1. The summed E-state index contributed by atoms with van der Waals surface area (Å²) in [6.07, 6.45) is 3.34. The van der Waals surface area contributed by atoms with Gasteiger partial charge in [0.2, 0.25) is 7.59 Å². The van der Waals surface area contributed by atoms with Gasteiger partial charge in [0.1, 0.15) is 5.75 Å². The van der Waals surface area contributed by atoms with Crippen LogP contribution in [0.15, 0.2) is 24.3 Å². The van der Waals surface area contributed by atoms with Crippen molar-refractivity contribution in [2.24, 2.45) is 0 Å². The molecule has 2 rings (SSSR count). The van der Waals surface area contributed by atoms with E-state index in [9.17, 15) is 0 Å². The largest absolute Gasteiger partial charge is 0.497 e. The number of hydrogen-bond donors (Lipinski definition) is 0. The fourth-order valence-corrected chi connectivity index (χ4v) is 2.11. The third-order valence-corrected chi connectivity index (χ3v) is 3.71. The lowest BCUT2D eigenvalue weighted by molar-refractivity contribution is 0.415. The molecular formula is C14H11Cl6N3OS. The van der Waals surface area contributed by atoms with Gasteiger partial charge in [-0.15, -0.1) is 0 Å². The number of nitrogens with zero attached hydrogens (tertiary/aromatic N) is 3. The Bertz CT molecular complexity index is 711. The fraction of sp³-hybridized carbons (Fsp3) is 0.214. The van der Waals surface area contributed by atoms with Crippen molar-refractivity contribution >= 4 is 95.3 Å². The summed E-state index contributed by atoms with van der Waals surface area (Å²) in [7, 11) is 1.59. The number of halogens is 6. The standard InChI is InChI=1S/C14H9Cl6N3O.H2S/c1-24-9-5-2-8(3-6-9)4-7-10-21-11(13(15,16)17)23-12(22-10)14(18,19)20;/h2-7H,1H3;1H2. The Morgan fingerprint density at radius 3 is 1.68 bits per heavy atom. The second kappa shape index (κ2) is 9.18. The number of methoxy groups -OCH3 is 1. The molecule has 0 spiro atoms. The number of rotatable bonds is 3. The van der Waals surface area contributed by atoms with Crippen molar-refractivity contribution in [2.75, 3.05) is 7.11 Å². The van der Waals surface area contributed by atoms with Gasteiger partial charge in [-0.3, -0.25) is 0 Å². The van der Waals surface area contributed by atoms with Crippen molar-refractivity contribution < 1.29 is 4.74 Å². The summed E-state index contributed by atoms with van der Waals surface area (Å²) in [5, 5.41) is 0. The maximum atomic E-state index is 5.81. The molecule has 1 aromatic heterocycles. The van der Waals surface area contributed by atoms with Crippen molar-refractivity contribution in [3.8, 4) is 5.75 Å². The van der Waals surface area contributed by atoms with Crippen molar-refractivity contribution in [3.63, 3.8) is 0 Å². The molecule has 25 heavy (non-hydrogen) atoms. The lowest BCUT2D eigenvalue weighted by Gasteiger charge is -2.14. The molecule has 4 nitrogen and oxygen atoms in total. The van der Waals surface area contributed by atoms with E-state index in [0.717, 1.165) is 11.3 Å². The van der Waals surface area contributed by atoms with Crippen LogP contribution in [0.4, 0.5) is 0 Å². The van der Waals surface area contributed by atoms with E-state index in [1.54, 1.807) is 19.3 Å². The maximum Gasteiger partial charge on any atom is 0.250 e. The molecule has 0 amide bonds. The summed E-state index contributed by atoms with van der Waals surface area (Å²) in [5.41, 5.74) is 0.877. The average Bonchev–Trinajstić information content (AvgIpc) is 2.51. The monoisotopic (exact) mass is 479 g/mol. The first-order valence-electron chi connectivity index (χ1n) is 6.32. The van der Waals surface area contributed by atoms with Crippen LogP contribution in [0.5, 0.6) is 5.75 Å². The highest BCUT2D eigenvalue weighted by molar-refractivity contribution is 7.59. The Morgan fingerprint density at radius 1 is 0.800 bits per heavy atom. The van der Waals surface area contributed by atoms with Gasteiger partial charge in [0.15, 0.2) is 17.5 Å². The van der Waals surface area contributed by atoms with E-state index in [1.807, 2.05) is 24.3 Å². The molecule has 11 heteroatoms. The highest BCUT2D eigenvalue weighted by Gasteiger charge is 2.33. The Morgan fingerprint density at radius 2 is 1.28 bits per heavy atom. The Hall–Kier alpha value is -0.140. The zero-order valence-electron chi connectivity index (χ0n) is 12.5. The molecule has 0 aliphatic heterocycles. The van der Waals surface area contributed by atoms with E-state index in [2.05, 4.69) is 15.0 Å². The van der Waals surface area contributed by atoms with Crippen molar-refractivity contribution in [1.29, 1.82) is 0 Å². The molecular weight excluding hydrogens is 471 g/mol. The molecule has 0 unspecified atom stereocenters. The van der Waals surface area contributed by atoms with Gasteiger partial charge in [0, 0.05) is 0 Å². The van der Waals surface area contributed by atoms with Gasteiger partial charge in [-0.1, -0.05) is 87.8 Å². The smallest absolute Gasteiger partial charge is 0.250 e. The van der Waals surface area contributed by atoms with Crippen LogP contribution in [0.3, 0.4) is 0 Å². The molecule has 0 radical (unpaired) electrons. The summed E-state index contributed by atoms with van der Waals surface area (Å²) >= 11 is 34.9. The van der Waals surface area contributed by atoms with Crippen LogP contribution in [0.25, 0.3) is 12.2 Å². The molecule has 0 aliphatic rings. The van der Waals surface area contributed by atoms with Crippen molar-refractivity contribution in [3.05, 3.63) is 47.3 Å². The SMILES string of the molecule is COc1ccc(C=Cc2nc(C(Cl)(Cl)Cl)nc(C(Cl)(Cl)Cl)n2)cc1.S. The van der Waals surface area contributed by atoms with Crippen LogP contribution < -0.4 is 4.74 Å². The number of benzene rings is 1.